The summed E-state index contributed by atoms with van der Waals surface area (Å²) in [5, 5.41) is 3.16. The predicted octanol–water partition coefficient (Wildman–Crippen LogP) is 3.67. The number of hydrogen-bond donors (Lipinski definition) is 1. The van der Waals surface area contributed by atoms with Gasteiger partial charge in [0.15, 0.2) is 0 Å². The molecule has 0 spiro atoms. The van der Waals surface area contributed by atoms with Crippen molar-refractivity contribution >= 4 is 28.4 Å². The molecule has 1 aromatic carbocycles. The summed E-state index contributed by atoms with van der Waals surface area (Å²) in [7, 11) is 3.58. The number of ether oxygens (including phenoxy) is 1. The van der Waals surface area contributed by atoms with Gasteiger partial charge in [-0.3, -0.25) is 0 Å². The topological polar surface area (TPSA) is 47.0 Å². The zero-order chi connectivity index (χ0) is 15.2. The Labute approximate surface area is 139 Å². The van der Waals surface area contributed by atoms with Crippen molar-refractivity contribution in [1.82, 2.24) is 9.97 Å². The molecule has 2 aromatic rings. The molecule has 2 rings (SSSR count). The maximum Gasteiger partial charge on any atom is 0.143 e. The number of nitrogens with one attached hydrogen (secondary N) is 1. The Morgan fingerprint density at radius 2 is 2.10 bits per heavy atom. The second-order valence-corrected chi connectivity index (χ2v) is 5.86. The molecule has 0 aliphatic heterocycles. The van der Waals surface area contributed by atoms with Crippen molar-refractivity contribution in [3.63, 3.8) is 0 Å². The number of anilines is 1. The summed E-state index contributed by atoms with van der Waals surface area (Å²) in [6.45, 7) is 2.17. The van der Waals surface area contributed by atoms with Crippen LogP contribution in [0.15, 0.2) is 24.3 Å². The lowest BCUT2D eigenvalue weighted by molar-refractivity contribution is 0.414. The van der Waals surface area contributed by atoms with E-state index in [1.807, 2.05) is 25.2 Å². The van der Waals surface area contributed by atoms with Crippen molar-refractivity contribution in [2.75, 3.05) is 19.5 Å². The maximum absolute atomic E-state index is 5.26. The second kappa shape index (κ2) is 7.59. The van der Waals surface area contributed by atoms with Crippen LogP contribution in [0.4, 0.5) is 5.82 Å². The van der Waals surface area contributed by atoms with Gasteiger partial charge in [-0.15, -0.1) is 0 Å². The van der Waals surface area contributed by atoms with E-state index in [9.17, 15) is 0 Å². The SMILES string of the molecule is CCCc1nc(Cc2cccc(OC)c2)nc(NC)c1I. The van der Waals surface area contributed by atoms with Gasteiger partial charge in [0.05, 0.1) is 16.4 Å². The summed E-state index contributed by atoms with van der Waals surface area (Å²) in [5.41, 5.74) is 2.27. The number of nitrogens with zero attached hydrogens (tertiary/aromatic N) is 2. The van der Waals surface area contributed by atoms with Crippen LogP contribution in [-0.4, -0.2) is 24.1 Å². The molecule has 112 valence electrons. The average molecular weight is 397 g/mol. The number of aromatic nitrogens is 2. The first-order valence-electron chi connectivity index (χ1n) is 7.03. The van der Waals surface area contributed by atoms with Gasteiger partial charge < -0.3 is 10.1 Å². The molecule has 4 nitrogen and oxygen atoms in total. The first kappa shape index (κ1) is 16.0. The number of methoxy groups -OCH3 is 1. The third-order valence-corrected chi connectivity index (χ3v) is 4.32. The summed E-state index contributed by atoms with van der Waals surface area (Å²) in [6, 6.07) is 8.04. The van der Waals surface area contributed by atoms with Crippen molar-refractivity contribution in [2.24, 2.45) is 0 Å². The number of rotatable bonds is 6. The highest BCUT2D eigenvalue weighted by Gasteiger charge is 2.11. The van der Waals surface area contributed by atoms with E-state index in [0.717, 1.165) is 45.1 Å². The Bertz CT molecular complexity index is 616. The van der Waals surface area contributed by atoms with Gasteiger partial charge in [0.25, 0.3) is 0 Å². The highest BCUT2D eigenvalue weighted by Crippen LogP contribution is 2.22. The van der Waals surface area contributed by atoms with Gasteiger partial charge in [0.1, 0.15) is 17.4 Å². The van der Waals surface area contributed by atoms with Crippen LogP contribution in [0.2, 0.25) is 0 Å². The van der Waals surface area contributed by atoms with Crippen LogP contribution in [-0.2, 0) is 12.8 Å². The van der Waals surface area contributed by atoms with E-state index in [1.54, 1.807) is 7.11 Å². The number of hydrogen-bond acceptors (Lipinski definition) is 4. The van der Waals surface area contributed by atoms with Crippen LogP contribution in [0.5, 0.6) is 5.75 Å². The van der Waals surface area contributed by atoms with Gasteiger partial charge in [0.2, 0.25) is 0 Å². The van der Waals surface area contributed by atoms with Crippen LogP contribution < -0.4 is 10.1 Å². The van der Waals surface area contributed by atoms with Gasteiger partial charge in [-0.25, -0.2) is 9.97 Å². The normalized spacial score (nSPS) is 10.5. The number of aryl methyl sites for hydroxylation is 1. The molecule has 0 aliphatic carbocycles. The molecule has 1 aromatic heterocycles. The molecule has 5 heteroatoms. The lowest BCUT2D eigenvalue weighted by atomic mass is 10.1. The predicted molar refractivity (Wildman–Crippen MR) is 94.1 cm³/mol. The van der Waals surface area contributed by atoms with E-state index in [-0.39, 0.29) is 0 Å². The molecule has 0 unspecified atom stereocenters. The first-order chi connectivity index (χ1) is 10.2. The molecule has 0 bridgehead atoms. The number of benzene rings is 1. The zero-order valence-corrected chi connectivity index (χ0v) is 14.8. The summed E-state index contributed by atoms with van der Waals surface area (Å²) >= 11 is 2.32. The Morgan fingerprint density at radius 1 is 1.29 bits per heavy atom. The third-order valence-electron chi connectivity index (χ3n) is 3.19. The third kappa shape index (κ3) is 4.06. The molecule has 0 aliphatic rings. The lowest BCUT2D eigenvalue weighted by Crippen LogP contribution is -2.08. The Hall–Kier alpha value is -1.37. The Balaban J connectivity index is 2.32. The highest BCUT2D eigenvalue weighted by atomic mass is 127. The van der Waals surface area contributed by atoms with Crippen LogP contribution in [0, 0.1) is 3.57 Å². The summed E-state index contributed by atoms with van der Waals surface area (Å²) in [6.07, 6.45) is 2.76. The smallest absolute Gasteiger partial charge is 0.143 e. The van der Waals surface area contributed by atoms with Crippen LogP contribution in [0.3, 0.4) is 0 Å². The highest BCUT2D eigenvalue weighted by molar-refractivity contribution is 14.1. The molecule has 0 saturated carbocycles. The van der Waals surface area contributed by atoms with Crippen molar-refractivity contribution < 1.29 is 4.74 Å². The van der Waals surface area contributed by atoms with E-state index in [1.165, 1.54) is 0 Å². The fourth-order valence-electron chi connectivity index (χ4n) is 2.16. The lowest BCUT2D eigenvalue weighted by Gasteiger charge is -2.11. The summed E-state index contributed by atoms with van der Waals surface area (Å²) in [5.74, 6) is 2.61. The monoisotopic (exact) mass is 397 g/mol. The van der Waals surface area contributed by atoms with Gasteiger partial charge in [-0.2, -0.15) is 0 Å². The second-order valence-electron chi connectivity index (χ2n) is 4.78. The van der Waals surface area contributed by atoms with E-state index in [4.69, 9.17) is 9.72 Å². The van der Waals surface area contributed by atoms with Crippen LogP contribution in [0.25, 0.3) is 0 Å². The summed E-state index contributed by atoms with van der Waals surface area (Å²) < 4.78 is 6.38. The van der Waals surface area contributed by atoms with E-state index >= 15 is 0 Å². The van der Waals surface area contributed by atoms with E-state index in [2.05, 4.69) is 45.9 Å². The van der Waals surface area contributed by atoms with E-state index < -0.39 is 0 Å². The molecule has 0 saturated heterocycles. The fraction of sp³-hybridized carbons (Fsp3) is 0.375. The van der Waals surface area contributed by atoms with Crippen molar-refractivity contribution in [2.45, 2.75) is 26.2 Å². The molecule has 0 atom stereocenters. The molecular formula is C16H20IN3O. The molecule has 0 amide bonds. The minimum absolute atomic E-state index is 0.708. The van der Waals surface area contributed by atoms with Crippen molar-refractivity contribution in [3.8, 4) is 5.75 Å². The standard InChI is InChI=1S/C16H20IN3O/c1-4-6-13-15(17)16(18-2)20-14(19-13)10-11-7-5-8-12(9-11)21-3/h5,7-9H,4,6,10H2,1-3H3,(H,18,19,20). The van der Waals surface area contributed by atoms with Crippen LogP contribution >= 0.6 is 22.6 Å². The van der Waals surface area contributed by atoms with Crippen LogP contribution in [0.1, 0.15) is 30.4 Å². The molecule has 1 N–H and O–H groups in total. The molecular weight excluding hydrogens is 377 g/mol. The fourth-order valence-corrected chi connectivity index (χ4v) is 2.94. The largest absolute Gasteiger partial charge is 0.497 e. The van der Waals surface area contributed by atoms with Crippen molar-refractivity contribution in [3.05, 3.63) is 44.9 Å². The Kier molecular flexibility index (Phi) is 5.78. The maximum atomic E-state index is 5.26. The quantitative estimate of drug-likeness (QED) is 0.756. The van der Waals surface area contributed by atoms with Gasteiger partial charge in [-0.1, -0.05) is 25.5 Å². The molecule has 0 fully saturated rings. The molecule has 0 radical (unpaired) electrons. The molecule has 1 heterocycles. The average Bonchev–Trinajstić information content (AvgIpc) is 2.50. The molecule has 21 heavy (non-hydrogen) atoms. The van der Waals surface area contributed by atoms with Gasteiger partial charge in [-0.05, 0) is 46.7 Å². The Morgan fingerprint density at radius 3 is 2.76 bits per heavy atom. The minimum Gasteiger partial charge on any atom is -0.497 e. The summed E-state index contributed by atoms with van der Waals surface area (Å²) in [4.78, 5) is 9.34. The van der Waals surface area contributed by atoms with Gasteiger partial charge in [0, 0.05) is 13.5 Å². The van der Waals surface area contributed by atoms with Crippen molar-refractivity contribution in [1.29, 1.82) is 0 Å². The first-order valence-corrected chi connectivity index (χ1v) is 8.11. The van der Waals surface area contributed by atoms with E-state index in [0.29, 0.717) is 6.42 Å². The zero-order valence-electron chi connectivity index (χ0n) is 12.6. The number of halogens is 1. The minimum atomic E-state index is 0.708. The van der Waals surface area contributed by atoms with Gasteiger partial charge >= 0.3 is 0 Å².